The van der Waals surface area contributed by atoms with Gasteiger partial charge < -0.3 is 10.2 Å². The van der Waals surface area contributed by atoms with Crippen molar-refractivity contribution in [1.29, 1.82) is 0 Å². The van der Waals surface area contributed by atoms with Crippen LogP contribution in [0.4, 0.5) is 0 Å². The normalized spacial score (nSPS) is 16.7. The molecule has 0 bridgehead atoms. The van der Waals surface area contributed by atoms with Crippen LogP contribution in [0.15, 0.2) is 0 Å². The molecule has 0 fully saturated rings. The van der Waals surface area contributed by atoms with Gasteiger partial charge in [0.2, 0.25) is 0 Å². The van der Waals surface area contributed by atoms with Gasteiger partial charge in [-0.3, -0.25) is 4.79 Å². The molecule has 0 heterocycles. The number of rotatable bonds is 4. The lowest BCUT2D eigenvalue weighted by molar-refractivity contribution is -0.146. The lowest BCUT2D eigenvalue weighted by atomic mass is 9.76. The summed E-state index contributed by atoms with van der Waals surface area (Å²) in [4.78, 5) is 10.9. The highest BCUT2D eigenvalue weighted by atomic mass is 16.4. The first kappa shape index (κ1) is 12.4. The van der Waals surface area contributed by atoms with Gasteiger partial charge >= 0.3 is 5.97 Å². The number of carboxylic acid groups (broad SMARTS) is 1. The van der Waals surface area contributed by atoms with Gasteiger partial charge in [-0.1, -0.05) is 27.7 Å². The lowest BCUT2D eigenvalue weighted by Crippen LogP contribution is -2.30. The minimum atomic E-state index is -0.771. The maximum Gasteiger partial charge on any atom is 0.307 e. The Morgan fingerprint density at radius 2 is 1.85 bits per heavy atom. The second-order valence-electron chi connectivity index (χ2n) is 4.78. The van der Waals surface area contributed by atoms with Crippen LogP contribution in [0.5, 0.6) is 0 Å². The minimum Gasteiger partial charge on any atom is -0.481 e. The zero-order chi connectivity index (χ0) is 10.6. The van der Waals surface area contributed by atoms with Crippen molar-refractivity contribution < 1.29 is 15.0 Å². The highest BCUT2D eigenvalue weighted by Gasteiger charge is 2.31. The van der Waals surface area contributed by atoms with Crippen LogP contribution in [0.2, 0.25) is 0 Å². The summed E-state index contributed by atoms with van der Waals surface area (Å²) in [5, 5.41) is 17.8. The van der Waals surface area contributed by atoms with Crippen molar-refractivity contribution in [2.45, 2.75) is 34.1 Å². The van der Waals surface area contributed by atoms with E-state index in [0.29, 0.717) is 6.42 Å². The van der Waals surface area contributed by atoms with Gasteiger partial charge in [-0.15, -0.1) is 0 Å². The fourth-order valence-corrected chi connectivity index (χ4v) is 1.30. The molecule has 0 aliphatic heterocycles. The fourth-order valence-electron chi connectivity index (χ4n) is 1.30. The van der Waals surface area contributed by atoms with E-state index in [1.807, 2.05) is 27.7 Å². The summed E-state index contributed by atoms with van der Waals surface area (Å²) in [7, 11) is 0. The van der Waals surface area contributed by atoms with E-state index in [9.17, 15) is 4.79 Å². The number of carbonyl (C=O) groups is 1. The van der Waals surface area contributed by atoms with Crippen LogP contribution in [0.3, 0.4) is 0 Å². The molecule has 0 aromatic heterocycles. The second-order valence-corrected chi connectivity index (χ2v) is 4.78. The van der Waals surface area contributed by atoms with Crippen molar-refractivity contribution in [3.8, 4) is 0 Å². The van der Waals surface area contributed by atoms with Gasteiger partial charge in [-0.2, -0.15) is 0 Å². The highest BCUT2D eigenvalue weighted by Crippen LogP contribution is 2.31. The average molecular weight is 188 g/mol. The summed E-state index contributed by atoms with van der Waals surface area (Å²) < 4.78 is 0. The summed E-state index contributed by atoms with van der Waals surface area (Å²) in [6.07, 6.45) is 0.537. The van der Waals surface area contributed by atoms with Gasteiger partial charge in [-0.05, 0) is 17.8 Å². The molecule has 2 unspecified atom stereocenters. The summed E-state index contributed by atoms with van der Waals surface area (Å²) in [5.74, 6) is -1.09. The molecule has 0 saturated heterocycles. The van der Waals surface area contributed by atoms with E-state index in [4.69, 9.17) is 10.2 Å². The van der Waals surface area contributed by atoms with E-state index >= 15 is 0 Å². The van der Waals surface area contributed by atoms with E-state index in [1.165, 1.54) is 0 Å². The highest BCUT2D eigenvalue weighted by molar-refractivity contribution is 5.70. The van der Waals surface area contributed by atoms with E-state index < -0.39 is 5.97 Å². The quantitative estimate of drug-likeness (QED) is 0.706. The third kappa shape index (κ3) is 4.27. The van der Waals surface area contributed by atoms with Crippen molar-refractivity contribution in [3.63, 3.8) is 0 Å². The molecular weight excluding hydrogens is 168 g/mol. The van der Waals surface area contributed by atoms with Crippen LogP contribution in [-0.4, -0.2) is 22.8 Å². The van der Waals surface area contributed by atoms with Gasteiger partial charge in [0.25, 0.3) is 0 Å². The van der Waals surface area contributed by atoms with Gasteiger partial charge in [-0.25, -0.2) is 0 Å². The van der Waals surface area contributed by atoms with E-state index in [0.717, 1.165) is 0 Å². The summed E-state index contributed by atoms with van der Waals surface area (Å²) in [6, 6.07) is 0. The standard InChI is InChI=1S/C10H20O3/c1-7(6-11)5-8(9(12)13)10(2,3)4/h7-8,11H,5-6H2,1-4H3,(H,12,13). The molecule has 2 atom stereocenters. The lowest BCUT2D eigenvalue weighted by Gasteiger charge is -2.28. The zero-order valence-corrected chi connectivity index (χ0v) is 8.87. The average Bonchev–Trinajstić information content (AvgIpc) is 1.96. The Morgan fingerprint density at radius 3 is 2.08 bits per heavy atom. The molecule has 3 nitrogen and oxygen atoms in total. The predicted molar refractivity (Wildman–Crippen MR) is 51.4 cm³/mol. The number of hydrogen-bond donors (Lipinski definition) is 2. The molecule has 3 heteroatoms. The molecule has 0 radical (unpaired) electrons. The van der Waals surface area contributed by atoms with Crippen molar-refractivity contribution in [1.82, 2.24) is 0 Å². The Hall–Kier alpha value is -0.570. The number of aliphatic carboxylic acids is 1. The van der Waals surface area contributed by atoms with Gasteiger partial charge in [0, 0.05) is 6.61 Å². The van der Waals surface area contributed by atoms with Gasteiger partial charge in [0.15, 0.2) is 0 Å². The van der Waals surface area contributed by atoms with Crippen LogP contribution < -0.4 is 0 Å². The third-order valence-corrected chi connectivity index (χ3v) is 2.29. The largest absolute Gasteiger partial charge is 0.481 e. The Morgan fingerprint density at radius 1 is 1.38 bits per heavy atom. The van der Waals surface area contributed by atoms with Crippen LogP contribution >= 0.6 is 0 Å². The molecule has 0 spiro atoms. The molecule has 0 aromatic carbocycles. The van der Waals surface area contributed by atoms with Gasteiger partial charge in [0.05, 0.1) is 5.92 Å². The molecule has 0 saturated carbocycles. The maximum atomic E-state index is 10.9. The van der Waals surface area contributed by atoms with Crippen LogP contribution in [0.1, 0.15) is 34.1 Å². The smallest absolute Gasteiger partial charge is 0.307 e. The van der Waals surface area contributed by atoms with Gasteiger partial charge in [0.1, 0.15) is 0 Å². The summed E-state index contributed by atoms with van der Waals surface area (Å²) in [6.45, 7) is 7.66. The molecular formula is C10H20O3. The molecule has 13 heavy (non-hydrogen) atoms. The third-order valence-electron chi connectivity index (χ3n) is 2.29. The Labute approximate surface area is 79.8 Å². The Balaban J connectivity index is 4.37. The second kappa shape index (κ2) is 4.61. The number of aliphatic hydroxyl groups excluding tert-OH is 1. The van der Waals surface area contributed by atoms with E-state index in [-0.39, 0.29) is 23.9 Å². The van der Waals surface area contributed by atoms with E-state index in [2.05, 4.69) is 0 Å². The van der Waals surface area contributed by atoms with Crippen molar-refractivity contribution >= 4 is 5.97 Å². The maximum absolute atomic E-state index is 10.9. The molecule has 0 aliphatic rings. The molecule has 78 valence electrons. The first-order valence-electron chi connectivity index (χ1n) is 4.62. The van der Waals surface area contributed by atoms with Crippen LogP contribution in [-0.2, 0) is 4.79 Å². The first-order chi connectivity index (χ1) is 5.79. The zero-order valence-electron chi connectivity index (χ0n) is 8.87. The molecule has 2 N–H and O–H groups in total. The van der Waals surface area contributed by atoms with Crippen molar-refractivity contribution in [2.24, 2.45) is 17.3 Å². The van der Waals surface area contributed by atoms with Crippen molar-refractivity contribution in [3.05, 3.63) is 0 Å². The minimum absolute atomic E-state index is 0.0554. The first-order valence-corrected chi connectivity index (χ1v) is 4.62. The molecule has 0 aliphatic carbocycles. The number of hydrogen-bond acceptors (Lipinski definition) is 2. The topological polar surface area (TPSA) is 57.5 Å². The Kier molecular flexibility index (Phi) is 4.40. The number of aliphatic hydroxyl groups is 1. The summed E-state index contributed by atoms with van der Waals surface area (Å²) in [5.41, 5.74) is -0.241. The summed E-state index contributed by atoms with van der Waals surface area (Å²) >= 11 is 0. The SMILES string of the molecule is CC(CO)CC(C(=O)O)C(C)(C)C. The van der Waals surface area contributed by atoms with Crippen LogP contribution in [0.25, 0.3) is 0 Å². The molecule has 0 amide bonds. The monoisotopic (exact) mass is 188 g/mol. The molecule has 0 aromatic rings. The van der Waals surface area contributed by atoms with E-state index in [1.54, 1.807) is 0 Å². The predicted octanol–water partition coefficient (Wildman–Crippen LogP) is 1.75. The van der Waals surface area contributed by atoms with Crippen molar-refractivity contribution in [2.75, 3.05) is 6.61 Å². The molecule has 0 rings (SSSR count). The van der Waals surface area contributed by atoms with Crippen LogP contribution in [0, 0.1) is 17.3 Å². The Bertz CT molecular complexity index is 169. The number of carboxylic acids is 1. The fraction of sp³-hybridized carbons (Fsp3) is 0.900.